The number of carbonyl (C=O) groups excluding carboxylic acids is 1. The minimum atomic E-state index is -0.482. The molecule has 0 rings (SSSR count). The van der Waals surface area contributed by atoms with E-state index in [1.165, 1.54) is 0 Å². The zero-order valence-electron chi connectivity index (χ0n) is 8.51. The molecule has 0 radical (unpaired) electrons. The smallest absolute Gasteiger partial charge is 0.334 e. The van der Waals surface area contributed by atoms with E-state index < -0.39 is 6.10 Å². The molecule has 0 N–H and O–H groups in total. The summed E-state index contributed by atoms with van der Waals surface area (Å²) in [5.74, 6) is -0.299. The summed E-state index contributed by atoms with van der Waals surface area (Å²) in [6.45, 7) is 9.59. The second kappa shape index (κ2) is 4.45. The molecule has 0 aromatic heterocycles. The summed E-state index contributed by atoms with van der Waals surface area (Å²) in [6.07, 6.45) is -0.482. The second-order valence-corrected chi connectivity index (χ2v) is 3.62. The minimum Gasteiger partial charge on any atom is -0.464 e. The van der Waals surface area contributed by atoms with Gasteiger partial charge in [0, 0.05) is 0 Å². The molecule has 1 atom stereocenters. The predicted molar refractivity (Wildman–Crippen MR) is 46.9 cm³/mol. The summed E-state index contributed by atoms with van der Waals surface area (Å²) in [7, 11) is 0. The van der Waals surface area contributed by atoms with Crippen molar-refractivity contribution in [2.75, 3.05) is 6.61 Å². The first kappa shape index (κ1) is 11.4. The van der Waals surface area contributed by atoms with Crippen LogP contribution in [0, 0.1) is 0 Å². The van der Waals surface area contributed by atoms with Gasteiger partial charge in [-0.15, -0.1) is 0 Å². The molecule has 0 aromatic carbocycles. The molecule has 0 spiro atoms. The number of rotatable bonds is 3. The van der Waals surface area contributed by atoms with E-state index in [4.69, 9.17) is 9.47 Å². The molecule has 0 aliphatic heterocycles. The van der Waals surface area contributed by atoms with E-state index in [0.29, 0.717) is 6.61 Å². The van der Waals surface area contributed by atoms with Gasteiger partial charge < -0.3 is 9.47 Å². The van der Waals surface area contributed by atoms with Crippen molar-refractivity contribution in [2.24, 2.45) is 0 Å². The average Bonchev–Trinajstić information content (AvgIpc) is 1.84. The Hall–Kier alpha value is -0.570. The largest absolute Gasteiger partial charge is 0.464 e. The molecular weight excluding hydrogens is 156 g/mol. The van der Waals surface area contributed by atoms with Crippen LogP contribution in [0.5, 0.6) is 0 Å². The summed E-state index contributed by atoms with van der Waals surface area (Å²) < 4.78 is 10.2. The topological polar surface area (TPSA) is 35.5 Å². The molecule has 72 valence electrons. The van der Waals surface area contributed by atoms with Gasteiger partial charge in [0.2, 0.25) is 0 Å². The zero-order valence-corrected chi connectivity index (χ0v) is 8.51. The maximum absolute atomic E-state index is 11.1. The average molecular weight is 174 g/mol. The van der Waals surface area contributed by atoms with Crippen molar-refractivity contribution in [1.29, 1.82) is 0 Å². The van der Waals surface area contributed by atoms with Crippen molar-refractivity contribution in [3.8, 4) is 0 Å². The number of ether oxygens (including phenoxy) is 2. The number of carbonyl (C=O) groups is 1. The molecule has 12 heavy (non-hydrogen) atoms. The van der Waals surface area contributed by atoms with Crippen LogP contribution in [0.4, 0.5) is 0 Å². The van der Waals surface area contributed by atoms with Gasteiger partial charge in [-0.2, -0.15) is 0 Å². The molecule has 0 unspecified atom stereocenters. The zero-order chi connectivity index (χ0) is 9.78. The summed E-state index contributed by atoms with van der Waals surface area (Å²) >= 11 is 0. The van der Waals surface area contributed by atoms with Crippen LogP contribution in [-0.2, 0) is 14.3 Å². The maximum atomic E-state index is 11.1. The van der Waals surface area contributed by atoms with Gasteiger partial charge in [0.1, 0.15) is 0 Å². The van der Waals surface area contributed by atoms with Crippen molar-refractivity contribution in [2.45, 2.75) is 46.3 Å². The lowest BCUT2D eigenvalue weighted by Gasteiger charge is -2.23. The molecule has 0 fully saturated rings. The minimum absolute atomic E-state index is 0.299. The molecule has 0 aliphatic rings. The Morgan fingerprint density at radius 1 is 1.42 bits per heavy atom. The van der Waals surface area contributed by atoms with Crippen molar-refractivity contribution in [1.82, 2.24) is 0 Å². The van der Waals surface area contributed by atoms with Crippen molar-refractivity contribution < 1.29 is 14.3 Å². The SMILES string of the molecule is CCOC(=O)[C@H](C)OC(C)(C)C. The first-order chi connectivity index (χ1) is 5.37. The van der Waals surface area contributed by atoms with Crippen LogP contribution < -0.4 is 0 Å². The molecule has 3 nitrogen and oxygen atoms in total. The third kappa shape index (κ3) is 5.13. The van der Waals surface area contributed by atoms with Gasteiger partial charge in [0.15, 0.2) is 6.10 Å². The summed E-state index contributed by atoms with van der Waals surface area (Å²) in [5, 5.41) is 0. The molecular formula is C9H18O3. The molecule has 0 heterocycles. The van der Waals surface area contributed by atoms with Crippen LogP contribution in [0.1, 0.15) is 34.6 Å². The molecule has 0 saturated heterocycles. The Kier molecular flexibility index (Phi) is 4.24. The normalized spacial score (nSPS) is 14.1. The predicted octanol–water partition coefficient (Wildman–Crippen LogP) is 1.75. The van der Waals surface area contributed by atoms with Gasteiger partial charge in [-0.05, 0) is 34.6 Å². The van der Waals surface area contributed by atoms with Crippen molar-refractivity contribution >= 4 is 5.97 Å². The van der Waals surface area contributed by atoms with Gasteiger partial charge in [-0.1, -0.05) is 0 Å². The van der Waals surface area contributed by atoms with E-state index in [1.54, 1.807) is 13.8 Å². The van der Waals surface area contributed by atoms with E-state index in [2.05, 4.69) is 0 Å². The van der Waals surface area contributed by atoms with Crippen LogP contribution in [0.2, 0.25) is 0 Å². The molecule has 3 heteroatoms. The van der Waals surface area contributed by atoms with Crippen molar-refractivity contribution in [3.63, 3.8) is 0 Å². The number of hydrogen-bond donors (Lipinski definition) is 0. The van der Waals surface area contributed by atoms with E-state index in [-0.39, 0.29) is 11.6 Å². The van der Waals surface area contributed by atoms with Crippen LogP contribution in [0.15, 0.2) is 0 Å². The van der Waals surface area contributed by atoms with Crippen LogP contribution >= 0.6 is 0 Å². The maximum Gasteiger partial charge on any atom is 0.334 e. The lowest BCUT2D eigenvalue weighted by molar-refractivity contribution is -0.163. The van der Waals surface area contributed by atoms with Gasteiger partial charge in [0.05, 0.1) is 12.2 Å². The highest BCUT2D eigenvalue weighted by atomic mass is 16.6. The highest BCUT2D eigenvalue weighted by Crippen LogP contribution is 2.11. The lowest BCUT2D eigenvalue weighted by Crippen LogP contribution is -2.32. The van der Waals surface area contributed by atoms with Crippen LogP contribution in [-0.4, -0.2) is 24.3 Å². The molecule has 0 amide bonds. The fourth-order valence-corrected chi connectivity index (χ4v) is 0.838. The Morgan fingerprint density at radius 3 is 2.25 bits per heavy atom. The molecule has 0 bridgehead atoms. The van der Waals surface area contributed by atoms with E-state index in [0.717, 1.165) is 0 Å². The lowest BCUT2D eigenvalue weighted by atomic mass is 10.2. The van der Waals surface area contributed by atoms with Crippen molar-refractivity contribution in [3.05, 3.63) is 0 Å². The van der Waals surface area contributed by atoms with E-state index >= 15 is 0 Å². The summed E-state index contributed by atoms with van der Waals surface area (Å²) in [4.78, 5) is 11.1. The Labute approximate surface area is 74.0 Å². The van der Waals surface area contributed by atoms with E-state index in [9.17, 15) is 4.79 Å². The quantitative estimate of drug-likeness (QED) is 0.611. The Balaban J connectivity index is 3.87. The third-order valence-corrected chi connectivity index (χ3v) is 1.15. The standard InChI is InChI=1S/C9H18O3/c1-6-11-8(10)7(2)12-9(3,4)5/h7H,6H2,1-5H3/t7-/m0/s1. The highest BCUT2D eigenvalue weighted by molar-refractivity contribution is 5.74. The van der Waals surface area contributed by atoms with Crippen LogP contribution in [0.3, 0.4) is 0 Å². The fourth-order valence-electron chi connectivity index (χ4n) is 0.838. The molecule has 0 aliphatic carbocycles. The molecule has 0 saturated carbocycles. The number of esters is 1. The Bertz CT molecular complexity index is 146. The Morgan fingerprint density at radius 2 is 1.92 bits per heavy atom. The molecule has 0 aromatic rings. The first-order valence-electron chi connectivity index (χ1n) is 4.21. The van der Waals surface area contributed by atoms with Gasteiger partial charge in [-0.25, -0.2) is 4.79 Å². The monoisotopic (exact) mass is 174 g/mol. The van der Waals surface area contributed by atoms with Gasteiger partial charge in [0.25, 0.3) is 0 Å². The first-order valence-corrected chi connectivity index (χ1v) is 4.21. The van der Waals surface area contributed by atoms with E-state index in [1.807, 2.05) is 20.8 Å². The fraction of sp³-hybridized carbons (Fsp3) is 0.889. The van der Waals surface area contributed by atoms with Gasteiger partial charge >= 0.3 is 5.97 Å². The third-order valence-electron chi connectivity index (χ3n) is 1.15. The van der Waals surface area contributed by atoms with Gasteiger partial charge in [-0.3, -0.25) is 0 Å². The van der Waals surface area contributed by atoms with Crippen LogP contribution in [0.25, 0.3) is 0 Å². The summed E-state index contributed by atoms with van der Waals surface area (Å²) in [6, 6.07) is 0. The summed E-state index contributed by atoms with van der Waals surface area (Å²) in [5.41, 5.74) is -0.299. The highest BCUT2D eigenvalue weighted by Gasteiger charge is 2.21. The number of hydrogen-bond acceptors (Lipinski definition) is 3. The second-order valence-electron chi connectivity index (χ2n) is 3.62.